The number of nitrogens with zero attached hydrogens (tertiary/aromatic N) is 2. The Kier molecular flexibility index (Phi) is 5.90. The van der Waals surface area contributed by atoms with E-state index in [4.69, 9.17) is 12.3 Å². The molecule has 0 radical (unpaired) electrons. The lowest BCUT2D eigenvalue weighted by atomic mass is 9.99. The molecule has 0 aliphatic rings. The van der Waals surface area contributed by atoms with Crippen molar-refractivity contribution in [3.05, 3.63) is 100 Å². The van der Waals surface area contributed by atoms with Gasteiger partial charge in [-0.3, -0.25) is 4.79 Å². The van der Waals surface area contributed by atoms with Gasteiger partial charge in [0.15, 0.2) is 5.69 Å². The van der Waals surface area contributed by atoms with Crippen LogP contribution in [0.4, 0.5) is 11.4 Å². The number of rotatable bonds is 5. The minimum Gasteiger partial charge on any atom is -0.399 e. The van der Waals surface area contributed by atoms with E-state index in [0.717, 1.165) is 27.6 Å². The Morgan fingerprint density at radius 2 is 1.74 bits per heavy atom. The van der Waals surface area contributed by atoms with E-state index in [2.05, 4.69) is 21.7 Å². The highest BCUT2D eigenvalue weighted by atomic mass is 32.2. The summed E-state index contributed by atoms with van der Waals surface area (Å²) in [5, 5.41) is 0.737. The Bertz CT molecular complexity index is 1570. The molecule has 1 aromatic heterocycles. The monoisotopic (exact) mass is 472 g/mol. The van der Waals surface area contributed by atoms with Gasteiger partial charge in [-0.05, 0) is 73.2 Å². The van der Waals surface area contributed by atoms with Gasteiger partial charge >= 0.3 is 0 Å². The minimum atomic E-state index is -4.13. The Hall–Kier alpha value is -4.09. The molecule has 1 heterocycles. The van der Waals surface area contributed by atoms with Gasteiger partial charge in [0.1, 0.15) is 5.69 Å². The summed E-state index contributed by atoms with van der Waals surface area (Å²) in [7, 11) is -4.13. The lowest BCUT2D eigenvalue weighted by Crippen LogP contribution is -2.32. The van der Waals surface area contributed by atoms with Crippen LogP contribution in [0.25, 0.3) is 15.7 Å². The van der Waals surface area contributed by atoms with Crippen molar-refractivity contribution in [1.29, 1.82) is 0 Å². The highest BCUT2D eigenvalue weighted by molar-refractivity contribution is 7.90. The molecule has 4 aromatic rings. The molecule has 0 saturated heterocycles. The van der Waals surface area contributed by atoms with Crippen molar-refractivity contribution in [3.63, 3.8) is 0 Å². The first kappa shape index (κ1) is 23.1. The molecule has 0 spiro atoms. The van der Waals surface area contributed by atoms with Gasteiger partial charge in [-0.25, -0.2) is 18.0 Å². The smallest absolute Gasteiger partial charge is 0.281 e. The van der Waals surface area contributed by atoms with E-state index < -0.39 is 15.9 Å². The fourth-order valence-electron chi connectivity index (χ4n) is 4.20. The maximum Gasteiger partial charge on any atom is 0.281 e. The van der Waals surface area contributed by atoms with Crippen LogP contribution in [0, 0.1) is 27.3 Å². The first-order valence-corrected chi connectivity index (χ1v) is 12.1. The molecule has 0 saturated carbocycles. The van der Waals surface area contributed by atoms with Crippen molar-refractivity contribution in [3.8, 4) is 0 Å². The van der Waals surface area contributed by atoms with Gasteiger partial charge in [0.05, 0.1) is 11.5 Å². The zero-order valence-corrected chi connectivity index (χ0v) is 19.9. The molecule has 34 heavy (non-hydrogen) atoms. The van der Waals surface area contributed by atoms with Gasteiger partial charge in [-0.2, -0.15) is 0 Å². The average molecular weight is 473 g/mol. The van der Waals surface area contributed by atoms with Crippen LogP contribution in [0.1, 0.15) is 32.7 Å². The normalized spacial score (nSPS) is 11.4. The number of nitrogen functional groups attached to an aromatic ring is 1. The molecule has 0 aliphatic heterocycles. The molecule has 0 unspecified atom stereocenters. The maximum absolute atomic E-state index is 13.3. The molecule has 0 atom stereocenters. The highest BCUT2D eigenvalue weighted by Crippen LogP contribution is 2.28. The van der Waals surface area contributed by atoms with E-state index in [1.165, 1.54) is 18.2 Å². The van der Waals surface area contributed by atoms with Gasteiger partial charge in [-0.1, -0.05) is 35.9 Å². The van der Waals surface area contributed by atoms with Crippen LogP contribution >= 0.6 is 0 Å². The molecule has 0 fully saturated rings. The Balaban J connectivity index is 1.83. The van der Waals surface area contributed by atoms with Crippen molar-refractivity contribution in [2.24, 2.45) is 0 Å². The molecule has 7 nitrogen and oxygen atoms in total. The molecule has 3 N–H and O–H groups in total. The molecular weight excluding hydrogens is 448 g/mol. The van der Waals surface area contributed by atoms with Crippen molar-refractivity contribution in [2.45, 2.75) is 32.2 Å². The predicted molar refractivity (Wildman–Crippen MR) is 133 cm³/mol. The summed E-state index contributed by atoms with van der Waals surface area (Å²) in [5.74, 6) is -0.759. The number of aryl methyl sites for hydroxylation is 3. The van der Waals surface area contributed by atoms with Crippen molar-refractivity contribution >= 4 is 38.2 Å². The Labute approximate surface area is 198 Å². The number of nitrogens with two attached hydrogens (primary N) is 1. The summed E-state index contributed by atoms with van der Waals surface area (Å²) >= 11 is 0. The summed E-state index contributed by atoms with van der Waals surface area (Å²) in [6.45, 7) is 13.8. The fraction of sp³-hybridized carbons (Fsp3) is 0.154. The van der Waals surface area contributed by atoms with Gasteiger partial charge in [-0.15, -0.1) is 0 Å². The van der Waals surface area contributed by atoms with Crippen molar-refractivity contribution < 1.29 is 13.2 Å². The lowest BCUT2D eigenvalue weighted by Gasteiger charge is -2.16. The van der Waals surface area contributed by atoms with Crippen LogP contribution < -0.4 is 10.5 Å². The number of hydrogen-bond acceptors (Lipinski definition) is 4. The first-order chi connectivity index (χ1) is 16.1. The third-order valence-corrected chi connectivity index (χ3v) is 7.13. The molecule has 3 aromatic carbocycles. The predicted octanol–water partition coefficient (Wildman–Crippen LogP) is 4.87. The van der Waals surface area contributed by atoms with Crippen LogP contribution in [0.5, 0.6) is 0 Å². The Morgan fingerprint density at radius 3 is 2.38 bits per heavy atom. The van der Waals surface area contributed by atoms with Crippen LogP contribution in [0.3, 0.4) is 0 Å². The van der Waals surface area contributed by atoms with E-state index >= 15 is 0 Å². The van der Waals surface area contributed by atoms with Gasteiger partial charge < -0.3 is 10.3 Å². The fourth-order valence-corrected chi connectivity index (χ4v) is 5.22. The second-order valence-electron chi connectivity index (χ2n) is 8.36. The molecule has 0 bridgehead atoms. The number of hydrogen-bond donors (Lipinski definition) is 2. The lowest BCUT2D eigenvalue weighted by molar-refractivity contribution is 0.0973. The minimum absolute atomic E-state index is 0.0935. The van der Waals surface area contributed by atoms with E-state index in [0.29, 0.717) is 17.7 Å². The number of carbonyl (C=O) groups excluding carboxylic acids is 1. The largest absolute Gasteiger partial charge is 0.399 e. The quantitative estimate of drug-likeness (QED) is 0.320. The molecule has 1 amide bonds. The molecule has 0 aliphatic carbocycles. The number of fused-ring (bicyclic) bond motifs is 1. The van der Waals surface area contributed by atoms with E-state index in [-0.39, 0.29) is 16.3 Å². The van der Waals surface area contributed by atoms with Crippen LogP contribution in [-0.2, 0) is 16.6 Å². The second kappa shape index (κ2) is 8.69. The van der Waals surface area contributed by atoms with Gasteiger partial charge in [0.25, 0.3) is 15.9 Å². The second-order valence-corrected chi connectivity index (χ2v) is 10.0. The third kappa shape index (κ3) is 4.38. The van der Waals surface area contributed by atoms with Gasteiger partial charge in [0, 0.05) is 17.7 Å². The number of aromatic nitrogens is 1. The van der Waals surface area contributed by atoms with E-state index in [1.54, 1.807) is 34.9 Å². The van der Waals surface area contributed by atoms with Crippen LogP contribution in [0.2, 0.25) is 0 Å². The third-order valence-electron chi connectivity index (χ3n) is 5.80. The molecule has 8 heteroatoms. The molecular formula is C26H24N4O3S. The van der Waals surface area contributed by atoms with Crippen molar-refractivity contribution in [1.82, 2.24) is 9.29 Å². The zero-order chi connectivity index (χ0) is 24.6. The zero-order valence-electron chi connectivity index (χ0n) is 19.1. The molecule has 4 rings (SSSR count). The number of sulfonamides is 1. The number of benzene rings is 3. The number of amides is 1. The summed E-state index contributed by atoms with van der Waals surface area (Å²) in [5.41, 5.74) is 11.6. The van der Waals surface area contributed by atoms with Crippen molar-refractivity contribution in [2.75, 3.05) is 5.73 Å². The summed E-state index contributed by atoms with van der Waals surface area (Å²) in [4.78, 5) is 16.7. The van der Waals surface area contributed by atoms with E-state index in [9.17, 15) is 13.2 Å². The average Bonchev–Trinajstić information content (AvgIpc) is 3.13. The molecule has 172 valence electrons. The maximum atomic E-state index is 13.3. The highest BCUT2D eigenvalue weighted by Gasteiger charge is 2.23. The summed E-state index contributed by atoms with van der Waals surface area (Å²) in [6, 6.07) is 16.7. The van der Waals surface area contributed by atoms with E-state index in [1.807, 2.05) is 20.8 Å². The topological polar surface area (TPSA) is 98.5 Å². The number of nitrogens with one attached hydrogen (secondary N) is 1. The summed E-state index contributed by atoms with van der Waals surface area (Å²) in [6.07, 6.45) is 0. The van der Waals surface area contributed by atoms with Crippen LogP contribution in [-0.4, -0.2) is 18.9 Å². The SMILES string of the molecule is [C-]#[N+]c1ccc2cc(C(=O)NS(=O)(=O)c3cccc(N)c3)n(Cc3c(C)cc(C)cc3C)c2c1. The standard InChI is InChI=1S/C26H24N4O3S/c1-16-10-17(2)23(18(3)11-16)15-30-24-14-21(28-4)9-8-19(24)12-25(30)26(31)29-34(32,33)22-7-5-6-20(27)13-22/h5-14H,15,27H2,1-3H3,(H,29,31). The Morgan fingerprint density at radius 1 is 1.03 bits per heavy atom. The number of carbonyl (C=O) groups is 1. The van der Waals surface area contributed by atoms with Gasteiger partial charge in [0.2, 0.25) is 0 Å². The number of anilines is 1. The first-order valence-electron chi connectivity index (χ1n) is 10.6. The summed E-state index contributed by atoms with van der Waals surface area (Å²) < 4.78 is 29.7. The van der Waals surface area contributed by atoms with Crippen LogP contribution in [0.15, 0.2) is 65.6 Å².